The molecule has 2 unspecified atom stereocenters. The van der Waals surface area contributed by atoms with E-state index in [0.29, 0.717) is 6.61 Å². The lowest BCUT2D eigenvalue weighted by atomic mass is 9.78. The Morgan fingerprint density at radius 2 is 1.83 bits per heavy atom. The monoisotopic (exact) mass is 383 g/mol. The molecule has 0 N–H and O–H groups in total. The van der Waals surface area contributed by atoms with Crippen LogP contribution in [-0.4, -0.2) is 36.4 Å². The number of hydrogen-bond donors (Lipinski definition) is 0. The van der Waals surface area contributed by atoms with Gasteiger partial charge in [0.2, 0.25) is 0 Å². The highest BCUT2D eigenvalue weighted by Crippen LogP contribution is 2.40. The van der Waals surface area contributed by atoms with Crippen molar-refractivity contribution in [2.75, 3.05) is 13.7 Å². The first-order chi connectivity index (χ1) is 10.6. The van der Waals surface area contributed by atoms with E-state index < -0.39 is 0 Å². The van der Waals surface area contributed by atoms with E-state index in [2.05, 4.69) is 79.7 Å². The molecule has 130 valence electrons. The number of piperidine rings is 1. The van der Waals surface area contributed by atoms with Crippen molar-refractivity contribution in [1.29, 1.82) is 0 Å². The van der Waals surface area contributed by atoms with Crippen LogP contribution in [0.15, 0.2) is 28.7 Å². The fraction of sp³-hybridized carbons (Fsp3) is 0.684. The van der Waals surface area contributed by atoms with Gasteiger partial charge in [0.1, 0.15) is 6.23 Å². The van der Waals surface area contributed by atoms with Crippen molar-refractivity contribution < 1.29 is 9.47 Å². The van der Waals surface area contributed by atoms with E-state index in [1.54, 1.807) is 0 Å². The Hall–Kier alpha value is -0.420. The predicted molar refractivity (Wildman–Crippen MR) is 98.4 cm³/mol. The second kappa shape index (κ2) is 7.22. The summed E-state index contributed by atoms with van der Waals surface area (Å²) in [7, 11) is 1.81. The van der Waals surface area contributed by atoms with Gasteiger partial charge < -0.3 is 9.47 Å². The quantitative estimate of drug-likeness (QED) is 0.742. The molecule has 0 aliphatic carbocycles. The van der Waals surface area contributed by atoms with Crippen molar-refractivity contribution in [2.45, 2.75) is 65.5 Å². The first-order valence-electron chi connectivity index (χ1n) is 8.29. The van der Waals surface area contributed by atoms with Crippen LogP contribution in [0.3, 0.4) is 0 Å². The summed E-state index contributed by atoms with van der Waals surface area (Å²) in [6.07, 6.45) is 1.36. The number of halogens is 1. The molecule has 1 heterocycles. The molecule has 2 atom stereocenters. The summed E-state index contributed by atoms with van der Waals surface area (Å²) in [6, 6.07) is 8.35. The average molecular weight is 384 g/mol. The van der Waals surface area contributed by atoms with Crippen molar-refractivity contribution in [3.05, 3.63) is 34.3 Å². The van der Waals surface area contributed by atoms with Gasteiger partial charge in [-0.15, -0.1) is 0 Å². The highest BCUT2D eigenvalue weighted by molar-refractivity contribution is 9.10. The van der Waals surface area contributed by atoms with Gasteiger partial charge in [0.25, 0.3) is 0 Å². The van der Waals surface area contributed by atoms with Crippen molar-refractivity contribution in [2.24, 2.45) is 5.41 Å². The second-order valence-corrected chi connectivity index (χ2v) is 9.08. The molecule has 2 rings (SSSR count). The van der Waals surface area contributed by atoms with Crippen LogP contribution in [0.5, 0.6) is 0 Å². The van der Waals surface area contributed by atoms with Crippen molar-refractivity contribution in [3.63, 3.8) is 0 Å². The molecule has 1 aliphatic heterocycles. The van der Waals surface area contributed by atoms with Gasteiger partial charge in [0.15, 0.2) is 0 Å². The Morgan fingerprint density at radius 3 is 2.35 bits per heavy atom. The maximum absolute atomic E-state index is 6.41. The number of nitrogens with zero attached hydrogens (tertiary/aromatic N) is 1. The summed E-state index contributed by atoms with van der Waals surface area (Å²) in [6.45, 7) is 12.8. The molecule has 1 aromatic carbocycles. The molecule has 1 saturated heterocycles. The zero-order valence-electron chi connectivity index (χ0n) is 15.2. The van der Waals surface area contributed by atoms with Gasteiger partial charge in [0, 0.05) is 29.1 Å². The summed E-state index contributed by atoms with van der Waals surface area (Å²) in [5.41, 5.74) is 1.28. The molecule has 0 amide bonds. The van der Waals surface area contributed by atoms with Gasteiger partial charge in [-0.05, 0) is 44.9 Å². The van der Waals surface area contributed by atoms with Crippen molar-refractivity contribution in [3.8, 4) is 0 Å². The van der Waals surface area contributed by atoms with E-state index >= 15 is 0 Å². The molecule has 1 aliphatic rings. The standard InChI is InChI=1S/C19H30BrNO2/c1-18(2,3)21-12-16(22-6)11-19(4,5)17(21)23-13-14-7-9-15(20)10-8-14/h7-10,16-17H,11-13H2,1-6H3. The maximum atomic E-state index is 6.41. The third kappa shape index (κ3) is 4.79. The van der Waals surface area contributed by atoms with E-state index in [4.69, 9.17) is 9.47 Å². The van der Waals surface area contributed by atoms with E-state index in [1.165, 1.54) is 5.56 Å². The van der Waals surface area contributed by atoms with Gasteiger partial charge >= 0.3 is 0 Å². The van der Waals surface area contributed by atoms with Gasteiger partial charge in [-0.25, -0.2) is 0 Å². The maximum Gasteiger partial charge on any atom is 0.116 e. The largest absolute Gasteiger partial charge is 0.380 e. The Balaban J connectivity index is 2.16. The first kappa shape index (κ1) is 18.9. The normalized spacial score (nSPS) is 25.5. The lowest BCUT2D eigenvalue weighted by molar-refractivity contribution is -0.206. The van der Waals surface area contributed by atoms with Gasteiger partial charge in [-0.1, -0.05) is 41.9 Å². The minimum atomic E-state index is 0.0405. The Morgan fingerprint density at radius 1 is 1.22 bits per heavy atom. The highest BCUT2D eigenvalue weighted by atomic mass is 79.9. The number of rotatable bonds is 4. The van der Waals surface area contributed by atoms with Crippen LogP contribution >= 0.6 is 15.9 Å². The van der Waals surface area contributed by atoms with Gasteiger partial charge in [0.05, 0.1) is 12.7 Å². The van der Waals surface area contributed by atoms with E-state index in [1.807, 2.05) is 7.11 Å². The Labute approximate surface area is 149 Å². The van der Waals surface area contributed by atoms with Crippen LogP contribution in [0.25, 0.3) is 0 Å². The Kier molecular flexibility index (Phi) is 5.94. The fourth-order valence-electron chi connectivity index (χ4n) is 3.34. The summed E-state index contributed by atoms with van der Waals surface area (Å²) < 4.78 is 13.2. The van der Waals surface area contributed by atoms with Crippen molar-refractivity contribution >= 4 is 15.9 Å². The second-order valence-electron chi connectivity index (χ2n) is 8.16. The molecular weight excluding hydrogens is 354 g/mol. The summed E-state index contributed by atoms with van der Waals surface area (Å²) in [5.74, 6) is 0. The average Bonchev–Trinajstić information content (AvgIpc) is 2.45. The zero-order valence-corrected chi connectivity index (χ0v) is 16.8. The van der Waals surface area contributed by atoms with Crippen LogP contribution < -0.4 is 0 Å². The number of ether oxygens (including phenoxy) is 2. The van der Waals surface area contributed by atoms with Crippen LogP contribution in [0.2, 0.25) is 0 Å². The third-order valence-corrected chi connectivity index (χ3v) is 5.15. The smallest absolute Gasteiger partial charge is 0.116 e. The van der Waals surface area contributed by atoms with Gasteiger partial charge in [-0.3, -0.25) is 4.90 Å². The molecule has 0 radical (unpaired) electrons. The topological polar surface area (TPSA) is 21.7 Å². The van der Waals surface area contributed by atoms with Crippen LogP contribution in [0.1, 0.15) is 46.6 Å². The lowest BCUT2D eigenvalue weighted by Crippen LogP contribution is -2.62. The highest BCUT2D eigenvalue weighted by Gasteiger charge is 2.46. The summed E-state index contributed by atoms with van der Waals surface area (Å²) in [5, 5.41) is 0. The number of methoxy groups -OCH3 is 1. The molecule has 0 saturated carbocycles. The fourth-order valence-corrected chi connectivity index (χ4v) is 3.61. The van der Waals surface area contributed by atoms with Crippen molar-refractivity contribution in [1.82, 2.24) is 4.90 Å². The van der Waals surface area contributed by atoms with Crippen LogP contribution in [0.4, 0.5) is 0 Å². The number of likely N-dealkylation sites (tertiary alicyclic amines) is 1. The van der Waals surface area contributed by atoms with Crippen LogP contribution in [0, 0.1) is 5.41 Å². The number of hydrogen-bond acceptors (Lipinski definition) is 3. The molecule has 23 heavy (non-hydrogen) atoms. The number of benzene rings is 1. The van der Waals surface area contributed by atoms with Crippen LogP contribution in [-0.2, 0) is 16.1 Å². The first-order valence-corrected chi connectivity index (χ1v) is 9.08. The van der Waals surface area contributed by atoms with E-state index in [-0.39, 0.29) is 23.3 Å². The summed E-state index contributed by atoms with van der Waals surface area (Å²) in [4.78, 5) is 2.45. The molecular formula is C19H30BrNO2. The zero-order chi connectivity index (χ0) is 17.3. The molecule has 4 heteroatoms. The minimum Gasteiger partial charge on any atom is -0.380 e. The lowest BCUT2D eigenvalue weighted by Gasteiger charge is -2.53. The van der Waals surface area contributed by atoms with E-state index in [0.717, 1.165) is 17.4 Å². The third-order valence-electron chi connectivity index (χ3n) is 4.62. The molecule has 1 aromatic rings. The molecule has 0 bridgehead atoms. The molecule has 0 aromatic heterocycles. The SMILES string of the molecule is COC1CN(C(C)(C)C)C(OCc2ccc(Br)cc2)C(C)(C)C1. The minimum absolute atomic E-state index is 0.0405. The molecule has 3 nitrogen and oxygen atoms in total. The molecule has 1 fully saturated rings. The molecule has 0 spiro atoms. The summed E-state index contributed by atoms with van der Waals surface area (Å²) >= 11 is 3.48. The van der Waals surface area contributed by atoms with Gasteiger partial charge in [-0.2, -0.15) is 0 Å². The Bertz CT molecular complexity index is 507. The van der Waals surface area contributed by atoms with E-state index in [9.17, 15) is 0 Å². The predicted octanol–water partition coefficient (Wildman–Crippen LogP) is 4.84.